The van der Waals surface area contributed by atoms with Gasteiger partial charge in [-0.3, -0.25) is 0 Å². The van der Waals surface area contributed by atoms with Gasteiger partial charge in [-0.15, -0.1) is 0 Å². The summed E-state index contributed by atoms with van der Waals surface area (Å²) in [6.45, 7) is 0. The fourth-order valence-electron chi connectivity index (χ4n) is 2.17. The molecule has 0 aliphatic rings. The zero-order valence-corrected chi connectivity index (χ0v) is 16.3. The Morgan fingerprint density at radius 2 is 1.04 bits per heavy atom. The predicted octanol–water partition coefficient (Wildman–Crippen LogP) is 4.96. The van der Waals surface area contributed by atoms with Crippen molar-refractivity contribution >= 4 is 31.9 Å². The van der Waals surface area contributed by atoms with Gasteiger partial charge in [0.2, 0.25) is 0 Å². The van der Waals surface area contributed by atoms with Crippen molar-refractivity contribution < 1.29 is 14.2 Å². The first-order valence-corrected chi connectivity index (χ1v) is 8.89. The number of hydrogen-bond acceptors (Lipinski definition) is 3. The molecule has 0 saturated carbocycles. The molecule has 0 amide bonds. The Morgan fingerprint density at radius 3 is 1.35 bits per heavy atom. The molecule has 0 aromatic heterocycles. The Bertz CT molecular complexity index is 531. The number of halogens is 2. The second-order valence-corrected chi connectivity index (χ2v) is 6.96. The number of rotatable bonds is 8. The molecule has 5 heteroatoms. The van der Waals surface area contributed by atoms with Crippen molar-refractivity contribution in [3.05, 3.63) is 68.6 Å². The third-order valence-electron chi connectivity index (χ3n) is 3.46. The summed E-state index contributed by atoms with van der Waals surface area (Å²) in [5.41, 5.74) is 2.30. The molecule has 0 aliphatic carbocycles. The van der Waals surface area contributed by atoms with Crippen LogP contribution >= 0.6 is 31.9 Å². The molecular weight excluding hydrogens is 424 g/mol. The highest BCUT2D eigenvalue weighted by atomic mass is 79.9. The Hall–Kier alpha value is -0.720. The van der Waals surface area contributed by atoms with Crippen LogP contribution in [0.4, 0.5) is 0 Å². The Morgan fingerprint density at radius 1 is 0.696 bits per heavy atom. The van der Waals surface area contributed by atoms with E-state index in [1.54, 1.807) is 14.2 Å². The minimum Gasteiger partial charge on any atom is -0.355 e. The molecule has 2 rings (SSSR count). The highest BCUT2D eigenvalue weighted by Gasteiger charge is 2.17. The lowest BCUT2D eigenvalue weighted by atomic mass is 10.1. The van der Waals surface area contributed by atoms with E-state index in [0.717, 1.165) is 20.1 Å². The highest BCUT2D eigenvalue weighted by molar-refractivity contribution is 9.10. The first-order chi connectivity index (χ1) is 11.1. The van der Waals surface area contributed by atoms with Gasteiger partial charge >= 0.3 is 0 Å². The monoisotopic (exact) mass is 442 g/mol. The molecule has 124 valence electrons. The summed E-state index contributed by atoms with van der Waals surface area (Å²) in [5, 5.41) is 0. The summed E-state index contributed by atoms with van der Waals surface area (Å²) < 4.78 is 19.0. The molecule has 2 aromatic rings. The average Bonchev–Trinajstić information content (AvgIpc) is 2.57. The van der Waals surface area contributed by atoms with Crippen molar-refractivity contribution in [2.45, 2.75) is 25.4 Å². The second-order valence-electron chi connectivity index (χ2n) is 5.13. The van der Waals surface area contributed by atoms with Crippen LogP contribution in [-0.4, -0.2) is 26.8 Å². The second kappa shape index (κ2) is 9.55. The van der Waals surface area contributed by atoms with E-state index >= 15 is 0 Å². The molecular formula is C18H20Br2O3. The summed E-state index contributed by atoms with van der Waals surface area (Å²) in [7, 11) is 3.30. The first-order valence-electron chi connectivity index (χ1n) is 7.30. The molecule has 2 aromatic carbocycles. The summed E-state index contributed by atoms with van der Waals surface area (Å²) >= 11 is 6.87. The molecule has 0 saturated heterocycles. The topological polar surface area (TPSA) is 27.7 Å². The van der Waals surface area contributed by atoms with Gasteiger partial charge in [0.15, 0.2) is 12.6 Å². The van der Waals surface area contributed by atoms with Crippen molar-refractivity contribution in [1.82, 2.24) is 0 Å². The van der Waals surface area contributed by atoms with E-state index in [4.69, 9.17) is 14.2 Å². The van der Waals surface area contributed by atoms with Crippen LogP contribution in [0, 0.1) is 0 Å². The van der Waals surface area contributed by atoms with Gasteiger partial charge in [0.05, 0.1) is 0 Å². The van der Waals surface area contributed by atoms with E-state index in [-0.39, 0.29) is 12.6 Å². The maximum Gasteiger partial charge on any atom is 0.164 e. The van der Waals surface area contributed by atoms with Crippen molar-refractivity contribution in [3.63, 3.8) is 0 Å². The Balaban J connectivity index is 1.94. The zero-order chi connectivity index (χ0) is 16.7. The highest BCUT2D eigenvalue weighted by Crippen LogP contribution is 2.17. The van der Waals surface area contributed by atoms with Gasteiger partial charge in [-0.2, -0.15) is 0 Å². The molecule has 0 heterocycles. The van der Waals surface area contributed by atoms with Crippen LogP contribution in [0.1, 0.15) is 11.1 Å². The summed E-state index contributed by atoms with van der Waals surface area (Å²) in [5.74, 6) is 0. The smallest absolute Gasteiger partial charge is 0.164 e. The van der Waals surface area contributed by atoms with Crippen molar-refractivity contribution in [3.8, 4) is 0 Å². The molecule has 0 bridgehead atoms. The molecule has 2 unspecified atom stereocenters. The van der Waals surface area contributed by atoms with Crippen LogP contribution in [0.5, 0.6) is 0 Å². The SMILES string of the molecule is COC(Cc1ccc(Br)cc1)OC(Cc1ccc(Br)cc1)OC. The average molecular weight is 444 g/mol. The zero-order valence-electron chi connectivity index (χ0n) is 13.2. The molecule has 0 N–H and O–H groups in total. The standard InChI is InChI=1S/C18H20Br2O3/c1-21-17(11-13-3-7-15(19)8-4-13)23-18(22-2)12-14-5-9-16(20)10-6-14/h3-10,17-18H,11-12H2,1-2H3. The molecule has 0 aliphatic heterocycles. The van der Waals surface area contributed by atoms with Gasteiger partial charge < -0.3 is 14.2 Å². The number of ether oxygens (including phenoxy) is 3. The molecule has 23 heavy (non-hydrogen) atoms. The van der Waals surface area contributed by atoms with Crippen LogP contribution in [0.3, 0.4) is 0 Å². The maximum atomic E-state index is 5.95. The van der Waals surface area contributed by atoms with E-state index in [2.05, 4.69) is 56.1 Å². The molecule has 0 fully saturated rings. The van der Waals surface area contributed by atoms with E-state index in [0.29, 0.717) is 12.8 Å². The summed E-state index contributed by atoms with van der Waals surface area (Å²) in [6, 6.07) is 16.3. The van der Waals surface area contributed by atoms with Crippen molar-refractivity contribution in [1.29, 1.82) is 0 Å². The van der Waals surface area contributed by atoms with E-state index in [1.807, 2.05) is 24.3 Å². The van der Waals surface area contributed by atoms with E-state index in [9.17, 15) is 0 Å². The Labute approximate surface area is 154 Å². The number of methoxy groups -OCH3 is 2. The number of benzene rings is 2. The minimum atomic E-state index is -0.350. The van der Waals surface area contributed by atoms with Crippen LogP contribution in [0.2, 0.25) is 0 Å². The van der Waals surface area contributed by atoms with E-state index in [1.165, 1.54) is 0 Å². The third kappa shape index (κ3) is 6.36. The van der Waals surface area contributed by atoms with Crippen LogP contribution in [0.15, 0.2) is 57.5 Å². The third-order valence-corrected chi connectivity index (χ3v) is 4.52. The molecule has 3 nitrogen and oxygen atoms in total. The van der Waals surface area contributed by atoms with Crippen molar-refractivity contribution in [2.75, 3.05) is 14.2 Å². The van der Waals surface area contributed by atoms with Gasteiger partial charge in [-0.25, -0.2) is 0 Å². The van der Waals surface area contributed by atoms with Crippen LogP contribution in [-0.2, 0) is 27.1 Å². The lowest BCUT2D eigenvalue weighted by molar-refractivity contribution is -0.227. The number of hydrogen-bond donors (Lipinski definition) is 0. The quantitative estimate of drug-likeness (QED) is 0.539. The fourth-order valence-corrected chi connectivity index (χ4v) is 2.70. The van der Waals surface area contributed by atoms with Crippen LogP contribution in [0.25, 0.3) is 0 Å². The van der Waals surface area contributed by atoms with Gasteiger partial charge in [-0.05, 0) is 35.4 Å². The van der Waals surface area contributed by atoms with Gasteiger partial charge in [-0.1, -0.05) is 56.1 Å². The molecule has 0 radical (unpaired) electrons. The first kappa shape index (κ1) is 18.6. The van der Waals surface area contributed by atoms with E-state index < -0.39 is 0 Å². The minimum absolute atomic E-state index is 0.350. The summed E-state index contributed by atoms with van der Waals surface area (Å²) in [6.07, 6.45) is 0.640. The lowest BCUT2D eigenvalue weighted by Crippen LogP contribution is -2.28. The fraction of sp³-hybridized carbons (Fsp3) is 0.333. The summed E-state index contributed by atoms with van der Waals surface area (Å²) in [4.78, 5) is 0. The van der Waals surface area contributed by atoms with Crippen LogP contribution < -0.4 is 0 Å². The molecule has 0 spiro atoms. The van der Waals surface area contributed by atoms with Gasteiger partial charge in [0.1, 0.15) is 0 Å². The maximum absolute atomic E-state index is 5.95. The Kier molecular flexibility index (Phi) is 7.73. The molecule has 2 atom stereocenters. The van der Waals surface area contributed by atoms with Gasteiger partial charge in [0, 0.05) is 36.0 Å². The normalized spacial score (nSPS) is 13.7. The predicted molar refractivity (Wildman–Crippen MR) is 98.4 cm³/mol. The lowest BCUT2D eigenvalue weighted by Gasteiger charge is -2.23. The largest absolute Gasteiger partial charge is 0.355 e. The van der Waals surface area contributed by atoms with Crippen molar-refractivity contribution in [2.24, 2.45) is 0 Å². The van der Waals surface area contributed by atoms with Gasteiger partial charge in [0.25, 0.3) is 0 Å².